The molecule has 0 radical (unpaired) electrons. The number of H-pyrrole nitrogens is 1. The molecule has 5 rings (SSSR count). The topological polar surface area (TPSA) is 87.1 Å². The first-order valence-electron chi connectivity index (χ1n) is 12.3. The molecule has 1 atom stereocenters. The Bertz CT molecular complexity index is 979. The van der Waals surface area contributed by atoms with E-state index < -0.39 is 0 Å². The summed E-state index contributed by atoms with van der Waals surface area (Å²) in [7, 11) is 0. The van der Waals surface area contributed by atoms with Crippen molar-refractivity contribution in [2.24, 2.45) is 0 Å². The van der Waals surface area contributed by atoms with Crippen molar-refractivity contribution in [3.05, 3.63) is 45.9 Å². The number of carbonyl (C=O) groups excluding carboxylic acids is 1. The van der Waals surface area contributed by atoms with Crippen LogP contribution < -0.4 is 5.56 Å². The van der Waals surface area contributed by atoms with Crippen LogP contribution in [0.5, 0.6) is 0 Å². The molecule has 1 aliphatic carbocycles. The standard InChI is InChI=1S/C24H34N6O2/c31-22(11-16-29-13-6-12-25-29)30-14-5-4-9-21(30)23-26-20-10-15-28(17-19(20)24(32)27-23)18-7-2-1-3-8-18/h6,12-13,18,21H,1-5,7-11,14-17H2,(H,26,27,32)/t21-/m1/s1. The molecule has 0 bridgehead atoms. The Morgan fingerprint density at radius 2 is 1.94 bits per heavy atom. The number of aromatic nitrogens is 4. The van der Waals surface area contributed by atoms with E-state index in [2.05, 4.69) is 15.0 Å². The average Bonchev–Trinajstić information content (AvgIpc) is 3.37. The van der Waals surface area contributed by atoms with E-state index in [-0.39, 0.29) is 17.5 Å². The van der Waals surface area contributed by atoms with Gasteiger partial charge in [0.25, 0.3) is 5.56 Å². The number of aromatic amines is 1. The van der Waals surface area contributed by atoms with Crippen LogP contribution in [0.2, 0.25) is 0 Å². The second kappa shape index (κ2) is 9.57. The molecule has 3 aliphatic rings. The van der Waals surface area contributed by atoms with Gasteiger partial charge in [0.05, 0.1) is 17.3 Å². The lowest BCUT2D eigenvalue weighted by Crippen LogP contribution is -2.44. The number of amides is 1. The van der Waals surface area contributed by atoms with Gasteiger partial charge in [-0.05, 0) is 38.2 Å². The first-order valence-corrected chi connectivity index (χ1v) is 12.3. The number of carbonyl (C=O) groups is 1. The molecule has 1 saturated carbocycles. The van der Waals surface area contributed by atoms with Crippen molar-refractivity contribution in [2.75, 3.05) is 13.1 Å². The van der Waals surface area contributed by atoms with E-state index in [1.807, 2.05) is 17.2 Å². The van der Waals surface area contributed by atoms with E-state index in [1.54, 1.807) is 10.9 Å². The summed E-state index contributed by atoms with van der Waals surface area (Å²) in [6, 6.07) is 2.34. The maximum atomic E-state index is 13.1. The summed E-state index contributed by atoms with van der Waals surface area (Å²) in [4.78, 5) is 38.5. The maximum absolute atomic E-state index is 13.1. The second-order valence-corrected chi connectivity index (χ2v) is 9.51. The van der Waals surface area contributed by atoms with Gasteiger partial charge in [-0.3, -0.25) is 19.2 Å². The molecule has 1 amide bonds. The average molecular weight is 439 g/mol. The monoisotopic (exact) mass is 438 g/mol. The van der Waals surface area contributed by atoms with Crippen LogP contribution >= 0.6 is 0 Å². The largest absolute Gasteiger partial charge is 0.332 e. The van der Waals surface area contributed by atoms with Crippen LogP contribution in [0.4, 0.5) is 0 Å². The zero-order valence-electron chi connectivity index (χ0n) is 18.8. The molecule has 8 heteroatoms. The number of rotatable bonds is 5. The van der Waals surface area contributed by atoms with Crippen molar-refractivity contribution >= 4 is 5.91 Å². The van der Waals surface area contributed by atoms with E-state index in [9.17, 15) is 9.59 Å². The van der Waals surface area contributed by atoms with Crippen LogP contribution in [-0.2, 0) is 24.3 Å². The van der Waals surface area contributed by atoms with Gasteiger partial charge in [0, 0.05) is 57.5 Å². The molecule has 2 aromatic rings. The summed E-state index contributed by atoms with van der Waals surface area (Å²) in [5, 5.41) is 4.19. The van der Waals surface area contributed by atoms with Gasteiger partial charge < -0.3 is 9.88 Å². The smallest absolute Gasteiger partial charge is 0.255 e. The van der Waals surface area contributed by atoms with E-state index in [1.165, 1.54) is 32.1 Å². The SMILES string of the molecule is O=C(CCn1cccn1)N1CCCC[C@@H]1c1nc2c(c(=O)[nH]1)CN(C1CCCCC1)CC2. The molecule has 172 valence electrons. The molecular formula is C24H34N6O2. The highest BCUT2D eigenvalue weighted by Crippen LogP contribution is 2.31. The summed E-state index contributed by atoms with van der Waals surface area (Å²) in [5.74, 6) is 0.779. The normalized spacial score (nSPS) is 22.6. The molecule has 2 fully saturated rings. The summed E-state index contributed by atoms with van der Waals surface area (Å²) < 4.78 is 1.79. The van der Waals surface area contributed by atoms with E-state index in [4.69, 9.17) is 4.98 Å². The molecule has 0 aromatic carbocycles. The highest BCUT2D eigenvalue weighted by molar-refractivity contribution is 5.76. The fourth-order valence-corrected chi connectivity index (χ4v) is 5.68. The van der Waals surface area contributed by atoms with Crippen LogP contribution in [0.25, 0.3) is 0 Å². The minimum atomic E-state index is -0.136. The lowest BCUT2D eigenvalue weighted by Gasteiger charge is -2.38. The van der Waals surface area contributed by atoms with E-state index >= 15 is 0 Å². The molecule has 1 N–H and O–H groups in total. The first kappa shape index (κ1) is 21.4. The van der Waals surface area contributed by atoms with Crippen molar-refractivity contribution < 1.29 is 4.79 Å². The van der Waals surface area contributed by atoms with Crippen LogP contribution in [0, 0.1) is 0 Å². The van der Waals surface area contributed by atoms with E-state index in [0.29, 0.717) is 31.4 Å². The fourth-order valence-electron chi connectivity index (χ4n) is 5.68. The van der Waals surface area contributed by atoms with Gasteiger partial charge in [0.2, 0.25) is 5.91 Å². The molecular weight excluding hydrogens is 404 g/mol. The van der Waals surface area contributed by atoms with Gasteiger partial charge in [-0.1, -0.05) is 19.3 Å². The van der Waals surface area contributed by atoms with Crippen LogP contribution in [0.1, 0.15) is 80.9 Å². The highest BCUT2D eigenvalue weighted by Gasteiger charge is 2.32. The third-order valence-corrected chi connectivity index (χ3v) is 7.46. The third kappa shape index (κ3) is 4.51. The molecule has 0 unspecified atom stereocenters. The van der Waals surface area contributed by atoms with Gasteiger partial charge in [0.15, 0.2) is 0 Å². The number of hydrogen-bond donors (Lipinski definition) is 1. The Kier molecular flexibility index (Phi) is 6.39. The van der Waals surface area contributed by atoms with Gasteiger partial charge in [0.1, 0.15) is 5.82 Å². The molecule has 2 aliphatic heterocycles. The van der Waals surface area contributed by atoms with Gasteiger partial charge in [-0.15, -0.1) is 0 Å². The Hall–Kier alpha value is -2.48. The molecule has 8 nitrogen and oxygen atoms in total. The Morgan fingerprint density at radius 1 is 1.09 bits per heavy atom. The van der Waals surface area contributed by atoms with Crippen molar-refractivity contribution in [2.45, 2.75) is 89.4 Å². The van der Waals surface area contributed by atoms with Crippen LogP contribution in [0.3, 0.4) is 0 Å². The third-order valence-electron chi connectivity index (χ3n) is 7.46. The number of hydrogen-bond acceptors (Lipinski definition) is 5. The minimum absolute atomic E-state index is 0.0139. The van der Waals surface area contributed by atoms with Gasteiger partial charge in [-0.25, -0.2) is 4.98 Å². The quantitative estimate of drug-likeness (QED) is 0.776. The minimum Gasteiger partial charge on any atom is -0.332 e. The predicted molar refractivity (Wildman–Crippen MR) is 121 cm³/mol. The summed E-state index contributed by atoms with van der Waals surface area (Å²) in [6.07, 6.45) is 14.2. The van der Waals surface area contributed by atoms with Gasteiger partial charge >= 0.3 is 0 Å². The van der Waals surface area contributed by atoms with Crippen molar-refractivity contribution in [3.63, 3.8) is 0 Å². The van der Waals surface area contributed by atoms with Gasteiger partial charge in [-0.2, -0.15) is 5.10 Å². The molecule has 2 aromatic heterocycles. The second-order valence-electron chi connectivity index (χ2n) is 9.51. The Morgan fingerprint density at radius 3 is 2.75 bits per heavy atom. The molecule has 32 heavy (non-hydrogen) atoms. The van der Waals surface area contributed by atoms with Crippen molar-refractivity contribution in [3.8, 4) is 0 Å². The zero-order chi connectivity index (χ0) is 21.9. The molecule has 0 spiro atoms. The fraction of sp³-hybridized carbons (Fsp3) is 0.667. The Balaban J connectivity index is 1.31. The summed E-state index contributed by atoms with van der Waals surface area (Å²) in [5.41, 5.74) is 1.75. The van der Waals surface area contributed by atoms with Crippen molar-refractivity contribution in [1.29, 1.82) is 0 Å². The Labute approximate surface area is 189 Å². The number of likely N-dealkylation sites (tertiary alicyclic amines) is 1. The molecule has 4 heterocycles. The molecule has 1 saturated heterocycles. The van der Waals surface area contributed by atoms with Crippen molar-refractivity contribution in [1.82, 2.24) is 29.5 Å². The number of aryl methyl sites for hydroxylation is 1. The first-order chi connectivity index (χ1) is 15.7. The number of piperidine rings is 1. The predicted octanol–water partition coefficient (Wildman–Crippen LogP) is 2.80. The highest BCUT2D eigenvalue weighted by atomic mass is 16.2. The van der Waals surface area contributed by atoms with E-state index in [0.717, 1.165) is 50.0 Å². The lowest BCUT2D eigenvalue weighted by atomic mass is 9.92. The zero-order valence-corrected chi connectivity index (χ0v) is 18.8. The van der Waals surface area contributed by atoms with Crippen LogP contribution in [-0.4, -0.2) is 54.6 Å². The number of fused-ring (bicyclic) bond motifs is 1. The lowest BCUT2D eigenvalue weighted by molar-refractivity contribution is -0.135. The summed E-state index contributed by atoms with van der Waals surface area (Å²) in [6.45, 7) is 2.98. The van der Waals surface area contributed by atoms with Crippen LogP contribution in [0.15, 0.2) is 23.3 Å². The number of nitrogens with one attached hydrogen (secondary N) is 1. The number of nitrogens with zero attached hydrogens (tertiary/aromatic N) is 5. The summed E-state index contributed by atoms with van der Waals surface area (Å²) >= 11 is 0. The maximum Gasteiger partial charge on any atom is 0.255 e.